The summed E-state index contributed by atoms with van der Waals surface area (Å²) in [6.45, 7) is 5.83. The topological polar surface area (TPSA) is 44.8 Å². The number of benzene rings is 1. The number of H-pyrrole nitrogens is 1. The first kappa shape index (κ1) is 16.2. The van der Waals surface area contributed by atoms with Crippen molar-refractivity contribution in [1.29, 1.82) is 0 Å². The van der Waals surface area contributed by atoms with Crippen molar-refractivity contribution < 1.29 is 0 Å². The van der Waals surface area contributed by atoms with Gasteiger partial charge in [-0.1, -0.05) is 42.8 Å². The highest BCUT2D eigenvalue weighted by molar-refractivity contribution is 6.29. The highest BCUT2D eigenvalue weighted by Crippen LogP contribution is 2.32. The Morgan fingerprint density at radius 2 is 2.16 bits per heavy atom. The van der Waals surface area contributed by atoms with Gasteiger partial charge in [-0.3, -0.25) is 0 Å². The summed E-state index contributed by atoms with van der Waals surface area (Å²) >= 11 is 6.08. The second-order valence-electron chi connectivity index (χ2n) is 6.42. The molecule has 2 aromatic heterocycles. The fraction of sp³-hybridized carbons (Fsp3) is 0.300. The van der Waals surface area contributed by atoms with E-state index in [2.05, 4.69) is 57.2 Å². The van der Waals surface area contributed by atoms with Gasteiger partial charge in [0.2, 0.25) is 0 Å². The molecule has 1 aromatic carbocycles. The number of nitrogens with one attached hydrogen (secondary N) is 1. The van der Waals surface area contributed by atoms with Crippen LogP contribution in [-0.4, -0.2) is 28.0 Å². The van der Waals surface area contributed by atoms with E-state index in [-0.39, 0.29) is 0 Å². The first-order chi connectivity index (χ1) is 12.2. The quantitative estimate of drug-likeness (QED) is 0.690. The second kappa shape index (κ2) is 6.52. The zero-order valence-electron chi connectivity index (χ0n) is 14.5. The number of anilines is 1. The van der Waals surface area contributed by atoms with Crippen LogP contribution < -0.4 is 4.90 Å². The summed E-state index contributed by atoms with van der Waals surface area (Å²) < 4.78 is 0. The molecule has 1 N–H and O–H groups in total. The minimum atomic E-state index is 0.501. The molecular formula is C20H21ClN4. The summed E-state index contributed by atoms with van der Waals surface area (Å²) in [5.41, 5.74) is 5.35. The van der Waals surface area contributed by atoms with Crippen LogP contribution in [0, 0.1) is 6.92 Å². The van der Waals surface area contributed by atoms with Crippen LogP contribution in [0.15, 0.2) is 36.5 Å². The Hall–Kier alpha value is -2.33. The van der Waals surface area contributed by atoms with E-state index in [4.69, 9.17) is 11.6 Å². The Morgan fingerprint density at radius 1 is 1.28 bits per heavy atom. The van der Waals surface area contributed by atoms with E-state index < -0.39 is 0 Å². The van der Waals surface area contributed by atoms with Crippen molar-refractivity contribution in [1.82, 2.24) is 15.0 Å². The van der Waals surface area contributed by atoms with Gasteiger partial charge in [0.15, 0.2) is 0 Å². The molecule has 4 nitrogen and oxygen atoms in total. The third kappa shape index (κ3) is 3.02. The molecule has 0 amide bonds. The number of hydrogen-bond acceptors (Lipinski definition) is 3. The average molecular weight is 353 g/mol. The average Bonchev–Trinajstić information content (AvgIpc) is 3.05. The summed E-state index contributed by atoms with van der Waals surface area (Å²) in [7, 11) is 0. The first-order valence-electron chi connectivity index (χ1n) is 8.70. The third-order valence-electron chi connectivity index (χ3n) is 4.85. The molecule has 4 rings (SSSR count). The van der Waals surface area contributed by atoms with Gasteiger partial charge >= 0.3 is 0 Å². The van der Waals surface area contributed by atoms with E-state index in [1.807, 2.05) is 13.0 Å². The molecule has 0 aliphatic carbocycles. The highest BCUT2D eigenvalue weighted by atomic mass is 35.5. The summed E-state index contributed by atoms with van der Waals surface area (Å²) in [5.74, 6) is 1.61. The van der Waals surface area contributed by atoms with Gasteiger partial charge in [0.25, 0.3) is 0 Å². The zero-order valence-corrected chi connectivity index (χ0v) is 15.3. The minimum absolute atomic E-state index is 0.501. The number of aryl methyl sites for hydroxylation is 2. The molecular weight excluding hydrogens is 332 g/mol. The van der Waals surface area contributed by atoms with Gasteiger partial charge in [-0.05, 0) is 30.9 Å². The molecule has 0 saturated carbocycles. The maximum Gasteiger partial charge on any atom is 0.134 e. The molecule has 1 aliphatic heterocycles. The van der Waals surface area contributed by atoms with Crippen LogP contribution in [0.4, 0.5) is 5.82 Å². The van der Waals surface area contributed by atoms with E-state index in [0.717, 1.165) is 31.7 Å². The summed E-state index contributed by atoms with van der Waals surface area (Å²) in [5, 5.41) is 1.82. The van der Waals surface area contributed by atoms with Gasteiger partial charge in [0.1, 0.15) is 16.8 Å². The number of halogens is 1. The van der Waals surface area contributed by atoms with E-state index in [9.17, 15) is 0 Å². The van der Waals surface area contributed by atoms with Crippen molar-refractivity contribution in [2.24, 2.45) is 0 Å². The molecule has 128 valence electrons. The Morgan fingerprint density at radius 3 is 2.88 bits per heavy atom. The number of nitrogens with zero attached hydrogens (tertiary/aromatic N) is 3. The molecule has 0 radical (unpaired) electrons. The van der Waals surface area contributed by atoms with Crippen LogP contribution in [0.1, 0.15) is 30.3 Å². The van der Waals surface area contributed by atoms with Crippen LogP contribution in [0.3, 0.4) is 0 Å². The standard InChI is InChI=1S/C20H21ClN4/c1-3-14-5-4-6-16-17(12-22-20(14)16)15-7-9-25(10-8-15)19-11-18(21)23-13(2)24-19/h4-7,11-12,22H,3,8-10H2,1-2H3. The fourth-order valence-electron chi connectivity index (χ4n) is 3.58. The number of para-hydroxylation sites is 1. The fourth-order valence-corrected chi connectivity index (χ4v) is 3.80. The Bertz CT molecular complexity index is 937. The van der Waals surface area contributed by atoms with Crippen LogP contribution in [0.5, 0.6) is 0 Å². The van der Waals surface area contributed by atoms with E-state index in [0.29, 0.717) is 11.0 Å². The molecule has 5 heteroatoms. The van der Waals surface area contributed by atoms with Crippen molar-refractivity contribution in [3.05, 3.63) is 58.6 Å². The molecule has 0 spiro atoms. The first-order valence-corrected chi connectivity index (χ1v) is 9.08. The minimum Gasteiger partial charge on any atom is -0.360 e. The number of rotatable bonds is 3. The van der Waals surface area contributed by atoms with Crippen LogP contribution in [0.25, 0.3) is 16.5 Å². The Balaban J connectivity index is 1.63. The van der Waals surface area contributed by atoms with Crippen LogP contribution in [-0.2, 0) is 6.42 Å². The van der Waals surface area contributed by atoms with E-state index in [1.165, 1.54) is 27.6 Å². The molecule has 0 saturated heterocycles. The van der Waals surface area contributed by atoms with Crippen molar-refractivity contribution in [3.8, 4) is 0 Å². The molecule has 3 heterocycles. The van der Waals surface area contributed by atoms with E-state index >= 15 is 0 Å². The van der Waals surface area contributed by atoms with Crippen molar-refractivity contribution in [2.75, 3.05) is 18.0 Å². The van der Waals surface area contributed by atoms with E-state index in [1.54, 1.807) is 0 Å². The highest BCUT2D eigenvalue weighted by Gasteiger charge is 2.18. The summed E-state index contributed by atoms with van der Waals surface area (Å²) in [6.07, 6.45) is 6.48. The molecule has 0 unspecified atom stereocenters. The molecule has 0 bridgehead atoms. The van der Waals surface area contributed by atoms with Gasteiger partial charge in [-0.25, -0.2) is 9.97 Å². The summed E-state index contributed by atoms with van der Waals surface area (Å²) in [6, 6.07) is 8.40. The normalized spacial score (nSPS) is 14.8. The van der Waals surface area contributed by atoms with Gasteiger partial charge in [0, 0.05) is 41.8 Å². The lowest BCUT2D eigenvalue weighted by Crippen LogP contribution is -2.29. The van der Waals surface area contributed by atoms with Gasteiger partial charge in [0.05, 0.1) is 0 Å². The lowest BCUT2D eigenvalue weighted by atomic mass is 9.97. The number of aromatic nitrogens is 3. The van der Waals surface area contributed by atoms with Crippen molar-refractivity contribution >= 4 is 33.9 Å². The Kier molecular flexibility index (Phi) is 4.22. The maximum absolute atomic E-state index is 6.08. The maximum atomic E-state index is 6.08. The van der Waals surface area contributed by atoms with Gasteiger partial charge in [-0.15, -0.1) is 0 Å². The van der Waals surface area contributed by atoms with Crippen molar-refractivity contribution in [2.45, 2.75) is 26.7 Å². The van der Waals surface area contributed by atoms with Gasteiger partial charge < -0.3 is 9.88 Å². The lowest BCUT2D eigenvalue weighted by molar-refractivity contribution is 0.808. The zero-order chi connectivity index (χ0) is 17.4. The third-order valence-corrected chi connectivity index (χ3v) is 5.05. The molecule has 25 heavy (non-hydrogen) atoms. The number of aromatic amines is 1. The molecule has 0 fully saturated rings. The van der Waals surface area contributed by atoms with Crippen LogP contribution >= 0.6 is 11.6 Å². The molecule has 3 aromatic rings. The van der Waals surface area contributed by atoms with Crippen LogP contribution in [0.2, 0.25) is 5.15 Å². The predicted octanol–water partition coefficient (Wildman–Crippen LogP) is 4.78. The summed E-state index contributed by atoms with van der Waals surface area (Å²) in [4.78, 5) is 14.4. The predicted molar refractivity (Wildman–Crippen MR) is 104 cm³/mol. The number of fused-ring (bicyclic) bond motifs is 1. The monoisotopic (exact) mass is 352 g/mol. The lowest BCUT2D eigenvalue weighted by Gasteiger charge is -2.27. The second-order valence-corrected chi connectivity index (χ2v) is 6.80. The SMILES string of the molecule is CCc1cccc2c(C3=CCN(c4cc(Cl)nc(C)n4)CC3)c[nH]c12. The van der Waals surface area contributed by atoms with Gasteiger partial charge in [-0.2, -0.15) is 0 Å². The Labute approximate surface area is 152 Å². The smallest absolute Gasteiger partial charge is 0.134 e. The molecule has 0 atom stereocenters. The number of hydrogen-bond donors (Lipinski definition) is 1. The van der Waals surface area contributed by atoms with Crippen molar-refractivity contribution in [3.63, 3.8) is 0 Å². The molecule has 1 aliphatic rings. The largest absolute Gasteiger partial charge is 0.360 e.